The summed E-state index contributed by atoms with van der Waals surface area (Å²) in [5.74, 6) is 0. The summed E-state index contributed by atoms with van der Waals surface area (Å²) in [6, 6.07) is 0. The zero-order valence-electron chi connectivity index (χ0n) is 6.52. The third-order valence-electron chi connectivity index (χ3n) is 1.12. The molecule has 0 spiro atoms. The second kappa shape index (κ2) is 5.54. The van der Waals surface area contributed by atoms with Crippen LogP contribution < -0.4 is 0 Å². The summed E-state index contributed by atoms with van der Waals surface area (Å²) in [6.07, 6.45) is 6.14. The van der Waals surface area contributed by atoms with E-state index in [2.05, 4.69) is 18.0 Å². The summed E-state index contributed by atoms with van der Waals surface area (Å²) in [6.45, 7) is 6.13. The van der Waals surface area contributed by atoms with E-state index >= 15 is 0 Å². The third-order valence-corrected chi connectivity index (χ3v) is 1.12. The van der Waals surface area contributed by atoms with E-state index in [1.807, 2.05) is 20.0 Å². The van der Waals surface area contributed by atoms with Gasteiger partial charge in [-0.25, -0.2) is 0 Å². The van der Waals surface area contributed by atoms with Gasteiger partial charge < -0.3 is 0 Å². The minimum absolute atomic E-state index is 1.08. The first-order valence-electron chi connectivity index (χ1n) is 3.64. The Morgan fingerprint density at radius 1 is 1.56 bits per heavy atom. The Kier molecular flexibility index (Phi) is 5.18. The molecule has 0 aromatic heterocycles. The summed E-state index contributed by atoms with van der Waals surface area (Å²) < 4.78 is 0. The lowest BCUT2D eigenvalue weighted by Crippen LogP contribution is -1.86. The molecule has 0 aromatic rings. The minimum Gasteiger partial charge on any atom is -0.266 e. The van der Waals surface area contributed by atoms with Gasteiger partial charge in [-0.3, -0.25) is 4.99 Å². The monoisotopic (exact) mass is 125 g/mol. The standard InChI is InChI=1S/C6H9N.C2H6/c1-2-6-4-3-5-7-6;1-2/h3,5H,2,4H2,1H3;1-2H3. The molecular formula is C8H15N. The summed E-state index contributed by atoms with van der Waals surface area (Å²) in [5.41, 5.74) is 1.31. The molecule has 0 radical (unpaired) electrons. The topological polar surface area (TPSA) is 12.4 Å². The summed E-state index contributed by atoms with van der Waals surface area (Å²) >= 11 is 0. The number of rotatable bonds is 1. The molecule has 0 amide bonds. The highest BCUT2D eigenvalue weighted by molar-refractivity contribution is 5.87. The molecule has 0 aromatic carbocycles. The van der Waals surface area contributed by atoms with Gasteiger partial charge >= 0.3 is 0 Å². The normalized spacial score (nSPS) is 14.3. The predicted molar refractivity (Wildman–Crippen MR) is 42.8 cm³/mol. The zero-order valence-corrected chi connectivity index (χ0v) is 6.52. The maximum absolute atomic E-state index is 4.09. The Morgan fingerprint density at radius 2 is 2.22 bits per heavy atom. The van der Waals surface area contributed by atoms with Crippen LogP contribution in [0.15, 0.2) is 17.3 Å². The van der Waals surface area contributed by atoms with Crippen LogP contribution in [0.4, 0.5) is 0 Å². The molecule has 0 N–H and O–H groups in total. The van der Waals surface area contributed by atoms with Crippen LogP contribution in [0, 0.1) is 0 Å². The molecule has 0 saturated heterocycles. The van der Waals surface area contributed by atoms with Crippen molar-refractivity contribution in [2.75, 3.05) is 0 Å². The van der Waals surface area contributed by atoms with Gasteiger partial charge in [-0.1, -0.05) is 26.8 Å². The fourth-order valence-electron chi connectivity index (χ4n) is 0.635. The number of nitrogens with zero attached hydrogens (tertiary/aromatic N) is 1. The van der Waals surface area contributed by atoms with E-state index in [4.69, 9.17) is 0 Å². The second-order valence-corrected chi connectivity index (χ2v) is 1.64. The van der Waals surface area contributed by atoms with Gasteiger partial charge in [0.15, 0.2) is 0 Å². The highest BCUT2D eigenvalue weighted by Gasteiger charge is 1.94. The average Bonchev–Trinajstić information content (AvgIpc) is 2.43. The van der Waals surface area contributed by atoms with Crippen molar-refractivity contribution < 1.29 is 0 Å². The molecule has 0 atom stereocenters. The van der Waals surface area contributed by atoms with Crippen molar-refractivity contribution in [3.63, 3.8) is 0 Å². The molecule has 52 valence electrons. The van der Waals surface area contributed by atoms with Gasteiger partial charge in [0, 0.05) is 18.3 Å². The fraction of sp³-hybridized carbons (Fsp3) is 0.625. The predicted octanol–water partition coefficient (Wildman–Crippen LogP) is 2.78. The summed E-state index contributed by atoms with van der Waals surface area (Å²) in [5, 5.41) is 0. The Hall–Kier alpha value is -0.590. The molecule has 0 saturated carbocycles. The van der Waals surface area contributed by atoms with E-state index in [1.165, 1.54) is 5.71 Å². The Bertz CT molecular complexity index is 112. The molecule has 1 nitrogen and oxygen atoms in total. The first-order chi connectivity index (χ1) is 4.43. The van der Waals surface area contributed by atoms with Crippen LogP contribution in [-0.4, -0.2) is 5.71 Å². The van der Waals surface area contributed by atoms with Gasteiger partial charge in [0.05, 0.1) is 0 Å². The van der Waals surface area contributed by atoms with E-state index in [9.17, 15) is 0 Å². The van der Waals surface area contributed by atoms with Gasteiger partial charge in [-0.05, 0) is 6.42 Å². The van der Waals surface area contributed by atoms with Crippen molar-refractivity contribution in [1.29, 1.82) is 0 Å². The average molecular weight is 125 g/mol. The van der Waals surface area contributed by atoms with Crippen molar-refractivity contribution in [2.45, 2.75) is 33.6 Å². The molecule has 1 aliphatic rings. The highest BCUT2D eigenvalue weighted by atomic mass is 14.7. The summed E-state index contributed by atoms with van der Waals surface area (Å²) in [4.78, 5) is 4.09. The maximum atomic E-state index is 4.09. The van der Waals surface area contributed by atoms with Crippen molar-refractivity contribution in [1.82, 2.24) is 0 Å². The van der Waals surface area contributed by atoms with Crippen LogP contribution in [0.2, 0.25) is 0 Å². The van der Waals surface area contributed by atoms with Crippen molar-refractivity contribution in [3.8, 4) is 0 Å². The van der Waals surface area contributed by atoms with Gasteiger partial charge in [0.1, 0.15) is 0 Å². The van der Waals surface area contributed by atoms with Gasteiger partial charge in [0.2, 0.25) is 0 Å². The number of allylic oxidation sites excluding steroid dienone is 1. The zero-order chi connectivity index (χ0) is 7.11. The molecule has 0 aliphatic carbocycles. The number of hydrogen-bond donors (Lipinski definition) is 0. The maximum Gasteiger partial charge on any atom is 0.0231 e. The molecule has 1 heteroatoms. The van der Waals surface area contributed by atoms with E-state index < -0.39 is 0 Å². The van der Waals surface area contributed by atoms with E-state index in [0.717, 1.165) is 12.8 Å². The molecular weight excluding hydrogens is 110 g/mol. The fourth-order valence-corrected chi connectivity index (χ4v) is 0.635. The van der Waals surface area contributed by atoms with E-state index in [1.54, 1.807) is 0 Å². The lowest BCUT2D eigenvalue weighted by molar-refractivity contribution is 1.24. The Morgan fingerprint density at radius 3 is 2.44 bits per heavy atom. The number of hydrogen-bond acceptors (Lipinski definition) is 1. The molecule has 0 unspecified atom stereocenters. The molecule has 1 heterocycles. The number of aliphatic imine (C=N–C) groups is 1. The van der Waals surface area contributed by atoms with E-state index in [0.29, 0.717) is 0 Å². The Labute approximate surface area is 57.5 Å². The van der Waals surface area contributed by atoms with Crippen LogP contribution in [-0.2, 0) is 0 Å². The minimum atomic E-state index is 1.08. The van der Waals surface area contributed by atoms with Crippen LogP contribution in [0.5, 0.6) is 0 Å². The van der Waals surface area contributed by atoms with Gasteiger partial charge in [-0.15, -0.1) is 0 Å². The van der Waals surface area contributed by atoms with Crippen LogP contribution in [0.3, 0.4) is 0 Å². The van der Waals surface area contributed by atoms with Gasteiger partial charge in [-0.2, -0.15) is 0 Å². The molecule has 1 rings (SSSR count). The summed E-state index contributed by atoms with van der Waals surface area (Å²) in [7, 11) is 0. The lowest BCUT2D eigenvalue weighted by atomic mass is 10.2. The van der Waals surface area contributed by atoms with Crippen LogP contribution in [0.25, 0.3) is 0 Å². The molecule has 0 bridgehead atoms. The third kappa shape index (κ3) is 3.07. The quantitative estimate of drug-likeness (QED) is 0.511. The smallest absolute Gasteiger partial charge is 0.0231 e. The Balaban J connectivity index is 0.000000291. The first-order valence-corrected chi connectivity index (χ1v) is 3.64. The largest absolute Gasteiger partial charge is 0.266 e. The van der Waals surface area contributed by atoms with Crippen LogP contribution >= 0.6 is 0 Å². The van der Waals surface area contributed by atoms with Crippen molar-refractivity contribution >= 4 is 5.71 Å². The molecule has 0 fully saturated rings. The van der Waals surface area contributed by atoms with Crippen molar-refractivity contribution in [2.24, 2.45) is 4.99 Å². The second-order valence-electron chi connectivity index (χ2n) is 1.64. The molecule has 9 heavy (non-hydrogen) atoms. The van der Waals surface area contributed by atoms with Crippen molar-refractivity contribution in [3.05, 3.63) is 12.3 Å². The lowest BCUT2D eigenvalue weighted by Gasteiger charge is -1.86. The van der Waals surface area contributed by atoms with E-state index in [-0.39, 0.29) is 0 Å². The molecule has 1 aliphatic heterocycles. The SMILES string of the molecule is CC.CCC1=NC=CC1. The first kappa shape index (κ1) is 8.41. The van der Waals surface area contributed by atoms with Crippen LogP contribution in [0.1, 0.15) is 33.6 Å². The highest BCUT2D eigenvalue weighted by Crippen LogP contribution is 2.01. The van der Waals surface area contributed by atoms with Gasteiger partial charge in [0.25, 0.3) is 0 Å².